The van der Waals surface area contributed by atoms with Crippen LogP contribution in [0.5, 0.6) is 0 Å². The molecule has 2 rings (SSSR count). The van der Waals surface area contributed by atoms with Gasteiger partial charge in [0, 0.05) is 31.5 Å². The van der Waals surface area contributed by atoms with E-state index in [9.17, 15) is 9.59 Å². The molecule has 142 valence electrons. The molecule has 1 aliphatic carbocycles. The molecule has 1 heterocycles. The highest BCUT2D eigenvalue weighted by molar-refractivity contribution is 5.83. The molecule has 4 heteroatoms. The Kier molecular flexibility index (Phi) is 11.2. The van der Waals surface area contributed by atoms with Gasteiger partial charge in [0.05, 0.1) is 6.10 Å². The van der Waals surface area contributed by atoms with Gasteiger partial charge >= 0.3 is 0 Å². The third kappa shape index (κ3) is 6.19. The molecule has 2 fully saturated rings. The molecule has 2 aliphatic rings. The molecular formula is C20H39NO3. The van der Waals surface area contributed by atoms with Crippen LogP contribution in [-0.4, -0.2) is 42.9 Å². The molecule has 1 saturated carbocycles. The number of nitrogens with zero attached hydrogens (tertiary/aromatic N) is 1. The van der Waals surface area contributed by atoms with E-state index >= 15 is 0 Å². The monoisotopic (exact) mass is 341 g/mol. The first kappa shape index (κ1) is 23.1. The van der Waals surface area contributed by atoms with E-state index in [0.717, 1.165) is 51.6 Å². The summed E-state index contributed by atoms with van der Waals surface area (Å²) in [5.74, 6) is 0.721. The van der Waals surface area contributed by atoms with Gasteiger partial charge in [-0.2, -0.15) is 0 Å². The maximum absolute atomic E-state index is 12.5. The Morgan fingerprint density at radius 3 is 1.79 bits per heavy atom. The van der Waals surface area contributed by atoms with Crippen molar-refractivity contribution in [1.82, 2.24) is 4.90 Å². The largest absolute Gasteiger partial charge is 0.381 e. The zero-order valence-corrected chi connectivity index (χ0v) is 17.0. The van der Waals surface area contributed by atoms with Crippen molar-refractivity contribution in [3.8, 4) is 0 Å². The third-order valence-corrected chi connectivity index (χ3v) is 5.39. The molecule has 0 aromatic rings. The first-order chi connectivity index (χ1) is 11.5. The van der Waals surface area contributed by atoms with Crippen molar-refractivity contribution in [3.63, 3.8) is 0 Å². The van der Waals surface area contributed by atoms with Crippen molar-refractivity contribution in [2.24, 2.45) is 11.3 Å². The van der Waals surface area contributed by atoms with Gasteiger partial charge in [-0.25, -0.2) is 0 Å². The SMILES string of the molecule is CC.CC.COC1CCC(C(=O)N2CCC(C)(C(C)=O)CC2)CC1. The van der Waals surface area contributed by atoms with Crippen LogP contribution in [0.4, 0.5) is 0 Å². The lowest BCUT2D eigenvalue weighted by Crippen LogP contribution is -2.47. The van der Waals surface area contributed by atoms with Gasteiger partial charge in [0.25, 0.3) is 0 Å². The number of rotatable bonds is 3. The van der Waals surface area contributed by atoms with E-state index in [-0.39, 0.29) is 17.1 Å². The molecule has 0 radical (unpaired) electrons. The van der Waals surface area contributed by atoms with Gasteiger partial charge in [-0.15, -0.1) is 0 Å². The smallest absolute Gasteiger partial charge is 0.225 e. The second-order valence-corrected chi connectivity index (χ2v) is 6.65. The average molecular weight is 342 g/mol. The number of methoxy groups -OCH3 is 1. The summed E-state index contributed by atoms with van der Waals surface area (Å²) in [6.45, 7) is 13.2. The van der Waals surface area contributed by atoms with Crippen LogP contribution in [0, 0.1) is 11.3 Å². The molecule has 1 amide bonds. The number of amides is 1. The van der Waals surface area contributed by atoms with E-state index in [2.05, 4.69) is 0 Å². The van der Waals surface area contributed by atoms with Gasteiger partial charge in [0.15, 0.2) is 0 Å². The third-order valence-electron chi connectivity index (χ3n) is 5.39. The van der Waals surface area contributed by atoms with Gasteiger partial charge < -0.3 is 9.64 Å². The highest BCUT2D eigenvalue weighted by Gasteiger charge is 2.37. The van der Waals surface area contributed by atoms with E-state index in [1.807, 2.05) is 39.5 Å². The summed E-state index contributed by atoms with van der Waals surface area (Å²) in [6, 6.07) is 0. The lowest BCUT2D eigenvalue weighted by Gasteiger charge is -2.40. The molecule has 1 saturated heterocycles. The molecule has 0 aromatic carbocycles. The molecule has 0 unspecified atom stereocenters. The molecule has 24 heavy (non-hydrogen) atoms. The number of carbonyl (C=O) groups is 2. The van der Waals surface area contributed by atoms with E-state index in [1.54, 1.807) is 14.0 Å². The second kappa shape index (κ2) is 11.6. The maximum Gasteiger partial charge on any atom is 0.225 e. The molecule has 0 atom stereocenters. The van der Waals surface area contributed by atoms with E-state index in [0.29, 0.717) is 12.0 Å². The van der Waals surface area contributed by atoms with Crippen molar-refractivity contribution in [1.29, 1.82) is 0 Å². The summed E-state index contributed by atoms with van der Waals surface area (Å²) in [6.07, 6.45) is 5.82. The van der Waals surface area contributed by atoms with Crippen LogP contribution in [0.1, 0.15) is 80.1 Å². The van der Waals surface area contributed by atoms with Crippen LogP contribution in [0.25, 0.3) is 0 Å². The van der Waals surface area contributed by atoms with Crippen molar-refractivity contribution in [3.05, 3.63) is 0 Å². The highest BCUT2D eigenvalue weighted by Crippen LogP contribution is 2.34. The van der Waals surface area contributed by atoms with Crippen molar-refractivity contribution < 1.29 is 14.3 Å². The van der Waals surface area contributed by atoms with Crippen LogP contribution < -0.4 is 0 Å². The number of piperidine rings is 1. The summed E-state index contributed by atoms with van der Waals surface area (Å²) >= 11 is 0. The topological polar surface area (TPSA) is 46.6 Å². The Labute approximate surface area is 149 Å². The summed E-state index contributed by atoms with van der Waals surface area (Å²) in [7, 11) is 1.75. The van der Waals surface area contributed by atoms with E-state index in [4.69, 9.17) is 4.74 Å². The summed E-state index contributed by atoms with van der Waals surface area (Å²) < 4.78 is 5.36. The number of carbonyl (C=O) groups excluding carboxylic acids is 2. The molecule has 4 nitrogen and oxygen atoms in total. The Balaban J connectivity index is 0.00000123. The molecule has 0 aromatic heterocycles. The normalized spacial score (nSPS) is 25.5. The number of hydrogen-bond acceptors (Lipinski definition) is 3. The standard InChI is InChI=1S/C16H27NO3.2C2H6/c1-12(18)16(2)8-10-17(11-9-16)15(19)13-4-6-14(20-3)7-5-13;2*1-2/h13-14H,4-11H2,1-3H3;2*1-2H3. The first-order valence-corrected chi connectivity index (χ1v) is 9.79. The fourth-order valence-electron chi connectivity index (χ4n) is 3.38. The molecule has 1 aliphatic heterocycles. The van der Waals surface area contributed by atoms with Crippen molar-refractivity contribution in [2.45, 2.75) is 86.2 Å². The quantitative estimate of drug-likeness (QED) is 0.761. The van der Waals surface area contributed by atoms with Crippen LogP contribution in [0.15, 0.2) is 0 Å². The van der Waals surface area contributed by atoms with Gasteiger partial charge in [-0.05, 0) is 45.4 Å². The lowest BCUT2D eigenvalue weighted by molar-refractivity contribution is -0.142. The number of likely N-dealkylation sites (tertiary alicyclic amines) is 1. The predicted molar refractivity (Wildman–Crippen MR) is 100 cm³/mol. The maximum atomic E-state index is 12.5. The predicted octanol–water partition coefficient (Wildman–Crippen LogP) is 4.46. The highest BCUT2D eigenvalue weighted by atomic mass is 16.5. The van der Waals surface area contributed by atoms with Crippen LogP contribution in [0.3, 0.4) is 0 Å². The minimum Gasteiger partial charge on any atom is -0.381 e. The Bertz CT molecular complexity index is 365. The van der Waals surface area contributed by atoms with Crippen LogP contribution >= 0.6 is 0 Å². The average Bonchev–Trinajstić information content (AvgIpc) is 2.65. The first-order valence-electron chi connectivity index (χ1n) is 9.79. The fourth-order valence-corrected chi connectivity index (χ4v) is 3.38. The van der Waals surface area contributed by atoms with E-state index in [1.165, 1.54) is 0 Å². The number of ketones is 1. The zero-order chi connectivity index (χ0) is 18.8. The van der Waals surface area contributed by atoms with Gasteiger partial charge in [-0.1, -0.05) is 34.6 Å². The summed E-state index contributed by atoms with van der Waals surface area (Å²) in [4.78, 5) is 26.2. The zero-order valence-electron chi connectivity index (χ0n) is 17.0. The summed E-state index contributed by atoms with van der Waals surface area (Å²) in [5, 5.41) is 0. The number of ether oxygens (including phenoxy) is 1. The molecule has 0 bridgehead atoms. The van der Waals surface area contributed by atoms with E-state index < -0.39 is 0 Å². The van der Waals surface area contributed by atoms with Gasteiger partial charge in [0.1, 0.15) is 5.78 Å². The molecular weight excluding hydrogens is 302 g/mol. The van der Waals surface area contributed by atoms with Crippen LogP contribution in [-0.2, 0) is 14.3 Å². The van der Waals surface area contributed by atoms with Crippen molar-refractivity contribution >= 4 is 11.7 Å². The second-order valence-electron chi connectivity index (χ2n) is 6.65. The minimum absolute atomic E-state index is 0.170. The number of hydrogen-bond donors (Lipinski definition) is 0. The number of Topliss-reactive ketones (excluding diaryl/α,β-unsaturated/α-hetero) is 1. The van der Waals surface area contributed by atoms with Crippen LogP contribution in [0.2, 0.25) is 0 Å². The molecule has 0 spiro atoms. The summed E-state index contributed by atoms with van der Waals surface area (Å²) in [5.41, 5.74) is -0.218. The minimum atomic E-state index is -0.218. The Morgan fingerprint density at radius 1 is 0.958 bits per heavy atom. The van der Waals surface area contributed by atoms with Crippen molar-refractivity contribution in [2.75, 3.05) is 20.2 Å². The van der Waals surface area contributed by atoms with Gasteiger partial charge in [0.2, 0.25) is 5.91 Å². The Hall–Kier alpha value is -0.900. The molecule has 0 N–H and O–H groups in total. The Morgan fingerprint density at radius 2 is 1.42 bits per heavy atom. The van der Waals surface area contributed by atoms with Gasteiger partial charge in [-0.3, -0.25) is 9.59 Å². The lowest BCUT2D eigenvalue weighted by atomic mass is 9.76. The fraction of sp³-hybridized carbons (Fsp3) is 0.900.